The van der Waals surface area contributed by atoms with E-state index in [0.29, 0.717) is 6.41 Å². The quantitative estimate of drug-likeness (QED) is 0.458. The molecule has 0 aliphatic heterocycles. The molecule has 0 aromatic carbocycles. The zero-order valence-corrected chi connectivity index (χ0v) is 4.29. The number of rotatable bonds is 2. The van der Waals surface area contributed by atoms with Crippen molar-refractivity contribution in [2.45, 2.75) is 0 Å². The summed E-state index contributed by atoms with van der Waals surface area (Å²) in [6.07, 6.45) is 3.84. The van der Waals surface area contributed by atoms with E-state index >= 15 is 0 Å². The summed E-state index contributed by atoms with van der Waals surface area (Å²) >= 11 is 0. The van der Waals surface area contributed by atoms with Crippen LogP contribution in [0.5, 0.6) is 0 Å². The Labute approximate surface area is 43.4 Å². The smallest absolute Gasteiger partial charge is 0.213 e. The lowest BCUT2D eigenvalue weighted by molar-refractivity contribution is -0.114. The molecule has 7 heavy (non-hydrogen) atoms. The molecule has 0 aromatic heterocycles. The molecule has 1 amide bonds. The van der Waals surface area contributed by atoms with E-state index in [0.717, 1.165) is 0 Å². The fourth-order valence-corrected chi connectivity index (χ4v) is 0.201. The Hall–Kier alpha value is -0.790. The fourth-order valence-electron chi connectivity index (χ4n) is 0.201. The van der Waals surface area contributed by atoms with E-state index in [1.807, 2.05) is 0 Å². The lowest BCUT2D eigenvalue weighted by Gasteiger charge is -1.97. The molecule has 0 heterocycles. The average molecular weight is 98.1 g/mol. The van der Waals surface area contributed by atoms with Crippen molar-refractivity contribution in [2.75, 3.05) is 7.05 Å². The van der Waals surface area contributed by atoms with Crippen LogP contribution in [0.4, 0.5) is 0 Å². The molecule has 0 aliphatic rings. The maximum Gasteiger partial charge on any atom is 0.213 e. The minimum atomic E-state index is 0.710. The van der Waals surface area contributed by atoms with Gasteiger partial charge in [0.2, 0.25) is 6.41 Å². The largest absolute Gasteiger partial charge is 0.325 e. The Balaban J connectivity index is 3.35. The van der Waals surface area contributed by atoms with E-state index in [-0.39, 0.29) is 0 Å². The summed E-state index contributed by atoms with van der Waals surface area (Å²) in [6.45, 7) is 3.39. The number of allylic oxidation sites excluding steroid dienone is 1. The number of carbonyl (C=O) groups excluding carboxylic acids is 1. The van der Waals surface area contributed by atoms with Gasteiger partial charge in [-0.3, -0.25) is 4.79 Å². The third-order valence-corrected chi connectivity index (χ3v) is 0.507. The van der Waals surface area contributed by atoms with E-state index in [1.54, 1.807) is 19.3 Å². The zero-order chi connectivity index (χ0) is 5.70. The van der Waals surface area contributed by atoms with Crippen LogP contribution in [0.2, 0.25) is 0 Å². The van der Waals surface area contributed by atoms with Crippen LogP contribution in [0, 0.1) is 6.92 Å². The van der Waals surface area contributed by atoms with Crippen LogP contribution < -0.4 is 0 Å². The molecule has 0 spiro atoms. The highest BCUT2D eigenvalue weighted by Gasteiger charge is 1.76. The summed E-state index contributed by atoms with van der Waals surface area (Å²) in [5.74, 6) is 0. The SMILES string of the molecule is [CH2]C=CN(C)C=O. The number of hydrogen-bond donors (Lipinski definition) is 0. The standard InChI is InChI=1S/C5H8NO/c1-3-4-6(2)5-7/h3-5H,1H2,2H3. The average Bonchev–Trinajstić information content (AvgIpc) is 1.68. The molecule has 2 heteroatoms. The maximum absolute atomic E-state index is 9.74. The number of hydrogen-bond acceptors (Lipinski definition) is 1. The van der Waals surface area contributed by atoms with Crippen LogP contribution in [0.3, 0.4) is 0 Å². The number of nitrogens with zero attached hydrogens (tertiary/aromatic N) is 1. The molecule has 1 radical (unpaired) electrons. The number of amides is 1. The second-order valence-corrected chi connectivity index (χ2v) is 1.16. The molecule has 0 N–H and O–H groups in total. The van der Waals surface area contributed by atoms with Crippen LogP contribution >= 0.6 is 0 Å². The lowest BCUT2D eigenvalue weighted by atomic mass is 10.7. The van der Waals surface area contributed by atoms with Crippen LogP contribution in [-0.4, -0.2) is 18.4 Å². The van der Waals surface area contributed by atoms with Crippen LogP contribution in [0.15, 0.2) is 12.3 Å². The molecule has 2 nitrogen and oxygen atoms in total. The van der Waals surface area contributed by atoms with Gasteiger partial charge in [-0.25, -0.2) is 0 Å². The molecule has 0 fully saturated rings. The first kappa shape index (κ1) is 6.21. The third-order valence-electron chi connectivity index (χ3n) is 0.507. The first-order valence-electron chi connectivity index (χ1n) is 1.94. The Morgan fingerprint density at radius 2 is 2.29 bits per heavy atom. The van der Waals surface area contributed by atoms with Gasteiger partial charge in [-0.15, -0.1) is 0 Å². The number of carbonyl (C=O) groups is 1. The highest BCUT2D eigenvalue weighted by atomic mass is 16.1. The molecular formula is C5H8NO. The van der Waals surface area contributed by atoms with E-state index in [4.69, 9.17) is 0 Å². The van der Waals surface area contributed by atoms with E-state index < -0.39 is 0 Å². The monoisotopic (exact) mass is 98.1 g/mol. The van der Waals surface area contributed by atoms with Crippen molar-refractivity contribution in [3.63, 3.8) is 0 Å². The van der Waals surface area contributed by atoms with E-state index in [1.165, 1.54) is 4.90 Å². The van der Waals surface area contributed by atoms with Crippen LogP contribution in [0.1, 0.15) is 0 Å². The van der Waals surface area contributed by atoms with Gasteiger partial charge < -0.3 is 4.90 Å². The van der Waals surface area contributed by atoms with Gasteiger partial charge in [0.15, 0.2) is 0 Å². The van der Waals surface area contributed by atoms with Crippen molar-refractivity contribution in [2.24, 2.45) is 0 Å². The minimum Gasteiger partial charge on any atom is -0.325 e. The predicted molar refractivity (Wildman–Crippen MR) is 28.3 cm³/mol. The van der Waals surface area contributed by atoms with E-state index in [9.17, 15) is 4.79 Å². The molecular weight excluding hydrogens is 90.1 g/mol. The second-order valence-electron chi connectivity index (χ2n) is 1.16. The van der Waals surface area contributed by atoms with Crippen molar-refractivity contribution in [1.82, 2.24) is 4.90 Å². The molecule has 0 unspecified atom stereocenters. The fraction of sp³-hybridized carbons (Fsp3) is 0.200. The van der Waals surface area contributed by atoms with Gasteiger partial charge >= 0.3 is 0 Å². The second kappa shape index (κ2) is 3.40. The topological polar surface area (TPSA) is 20.3 Å². The third kappa shape index (κ3) is 3.03. The van der Waals surface area contributed by atoms with Gasteiger partial charge in [-0.1, -0.05) is 6.08 Å². The first-order valence-corrected chi connectivity index (χ1v) is 1.94. The molecule has 0 aromatic rings. The lowest BCUT2D eigenvalue weighted by Crippen LogP contribution is -2.05. The summed E-state index contributed by atoms with van der Waals surface area (Å²) in [4.78, 5) is 11.1. The van der Waals surface area contributed by atoms with Crippen LogP contribution in [-0.2, 0) is 4.79 Å². The minimum absolute atomic E-state index is 0.710. The zero-order valence-electron chi connectivity index (χ0n) is 4.29. The van der Waals surface area contributed by atoms with Crippen molar-refractivity contribution in [3.05, 3.63) is 19.2 Å². The Kier molecular flexibility index (Phi) is 3.02. The van der Waals surface area contributed by atoms with Gasteiger partial charge in [0, 0.05) is 13.2 Å². The molecule has 0 rings (SSSR count). The van der Waals surface area contributed by atoms with Gasteiger partial charge in [-0.2, -0.15) is 0 Å². The highest BCUT2D eigenvalue weighted by molar-refractivity contribution is 5.48. The molecule has 39 valence electrons. The Morgan fingerprint density at radius 3 is 2.43 bits per heavy atom. The summed E-state index contributed by atoms with van der Waals surface area (Å²) in [7, 11) is 1.65. The summed E-state index contributed by atoms with van der Waals surface area (Å²) in [5, 5.41) is 0. The highest BCUT2D eigenvalue weighted by Crippen LogP contribution is 1.73. The molecule has 0 saturated heterocycles. The summed E-state index contributed by atoms with van der Waals surface area (Å²) in [5.41, 5.74) is 0. The summed E-state index contributed by atoms with van der Waals surface area (Å²) < 4.78 is 0. The Bertz CT molecular complexity index is 78.1. The van der Waals surface area contributed by atoms with Crippen molar-refractivity contribution < 1.29 is 4.79 Å². The van der Waals surface area contributed by atoms with Crippen molar-refractivity contribution >= 4 is 6.41 Å². The van der Waals surface area contributed by atoms with Gasteiger partial charge in [-0.05, 0) is 6.92 Å². The normalized spacial score (nSPS) is 9.43. The van der Waals surface area contributed by atoms with Crippen molar-refractivity contribution in [3.8, 4) is 0 Å². The molecule has 0 aliphatic carbocycles. The molecule has 0 saturated carbocycles. The van der Waals surface area contributed by atoms with Crippen LogP contribution in [0.25, 0.3) is 0 Å². The first-order chi connectivity index (χ1) is 3.31. The molecule has 0 bridgehead atoms. The Morgan fingerprint density at radius 1 is 1.71 bits per heavy atom. The molecule has 0 atom stereocenters. The maximum atomic E-state index is 9.74. The van der Waals surface area contributed by atoms with Gasteiger partial charge in [0.25, 0.3) is 0 Å². The van der Waals surface area contributed by atoms with Gasteiger partial charge in [0.1, 0.15) is 0 Å². The van der Waals surface area contributed by atoms with Crippen molar-refractivity contribution in [1.29, 1.82) is 0 Å². The summed E-state index contributed by atoms with van der Waals surface area (Å²) in [6, 6.07) is 0. The van der Waals surface area contributed by atoms with Gasteiger partial charge in [0.05, 0.1) is 0 Å². The van der Waals surface area contributed by atoms with E-state index in [2.05, 4.69) is 6.92 Å². The predicted octanol–water partition coefficient (Wildman–Crippen LogP) is 0.422.